The van der Waals surface area contributed by atoms with Crippen LogP contribution < -0.4 is 10.6 Å². The van der Waals surface area contributed by atoms with Crippen LogP contribution in [0.5, 0.6) is 0 Å². The van der Waals surface area contributed by atoms with Crippen molar-refractivity contribution in [3.8, 4) is 0 Å². The molecule has 3 N–H and O–H groups in total. The summed E-state index contributed by atoms with van der Waals surface area (Å²) in [5, 5.41) is 15.1. The van der Waals surface area contributed by atoms with E-state index in [4.69, 9.17) is 0 Å². The van der Waals surface area contributed by atoms with Crippen molar-refractivity contribution < 1.29 is 22.8 Å². The Kier molecular flexibility index (Phi) is 3.37. The molecule has 88 valence electrons. The van der Waals surface area contributed by atoms with Crippen molar-refractivity contribution in [2.45, 2.75) is 6.18 Å². The number of amides is 2. The Hall–Kier alpha value is -2.20. The fourth-order valence-electron chi connectivity index (χ4n) is 0.644. The number of aromatic amines is 1. The largest absolute Gasteiger partial charge is 0.471 e. The van der Waals surface area contributed by atoms with E-state index in [-0.39, 0.29) is 5.95 Å². The van der Waals surface area contributed by atoms with Crippen LogP contribution in [0.15, 0.2) is 0 Å². The quantitative estimate of drug-likeness (QED) is 0.613. The zero-order chi connectivity index (χ0) is 12.2. The smallest absolute Gasteiger partial charge is 0.339 e. The van der Waals surface area contributed by atoms with E-state index in [0.29, 0.717) is 0 Å². The van der Waals surface area contributed by atoms with Gasteiger partial charge in [-0.25, -0.2) is 0 Å². The second-order valence-electron chi connectivity index (χ2n) is 2.46. The highest BCUT2D eigenvalue weighted by atomic mass is 19.4. The molecule has 0 aliphatic rings. The average molecular weight is 238 g/mol. The van der Waals surface area contributed by atoms with Crippen molar-refractivity contribution in [3.63, 3.8) is 0 Å². The molecule has 0 saturated heterocycles. The van der Waals surface area contributed by atoms with Gasteiger partial charge < -0.3 is 5.32 Å². The van der Waals surface area contributed by atoms with Gasteiger partial charge in [0.1, 0.15) is 0 Å². The van der Waals surface area contributed by atoms with Gasteiger partial charge in [0.25, 0.3) is 5.95 Å². The molecule has 11 heteroatoms. The highest BCUT2D eigenvalue weighted by molar-refractivity contribution is 5.93. The molecular weight excluding hydrogens is 233 g/mol. The molecule has 1 heterocycles. The Bertz CT molecular complexity index is 374. The first kappa shape index (κ1) is 11.9. The molecular formula is C5H5F3N6O2. The van der Waals surface area contributed by atoms with Crippen LogP contribution in [0.1, 0.15) is 0 Å². The van der Waals surface area contributed by atoms with Crippen molar-refractivity contribution in [2.75, 3.05) is 11.9 Å². The number of alkyl halides is 3. The van der Waals surface area contributed by atoms with Crippen molar-refractivity contribution in [1.29, 1.82) is 0 Å². The number of carbonyl (C=O) groups excluding carboxylic acids is 2. The van der Waals surface area contributed by atoms with Crippen LogP contribution in [-0.2, 0) is 9.59 Å². The minimum absolute atomic E-state index is 0.203. The standard InChI is InChI=1S/C5H5F3N6O2/c6-5(7,8)3(16)9-1-2(15)10-4-11-13-14-12-4/h1H2,(H,9,16)(H2,10,11,12,13,14,15). The van der Waals surface area contributed by atoms with Gasteiger partial charge >= 0.3 is 12.1 Å². The summed E-state index contributed by atoms with van der Waals surface area (Å²) in [5.74, 6) is -3.30. The molecule has 0 atom stereocenters. The third-order valence-electron chi connectivity index (χ3n) is 1.26. The average Bonchev–Trinajstić information content (AvgIpc) is 2.65. The topological polar surface area (TPSA) is 113 Å². The van der Waals surface area contributed by atoms with Crippen LogP contribution >= 0.6 is 0 Å². The fraction of sp³-hybridized carbons (Fsp3) is 0.400. The van der Waals surface area contributed by atoms with Gasteiger partial charge in [-0.1, -0.05) is 5.10 Å². The summed E-state index contributed by atoms with van der Waals surface area (Å²) < 4.78 is 35.1. The van der Waals surface area contributed by atoms with Crippen molar-refractivity contribution in [3.05, 3.63) is 0 Å². The molecule has 0 unspecified atom stereocenters. The molecule has 0 aliphatic carbocycles. The Morgan fingerprint density at radius 1 is 1.38 bits per heavy atom. The van der Waals surface area contributed by atoms with Crippen LogP contribution in [0, 0.1) is 0 Å². The molecule has 0 saturated carbocycles. The summed E-state index contributed by atoms with van der Waals surface area (Å²) in [6.07, 6.45) is -5.02. The van der Waals surface area contributed by atoms with E-state index in [1.807, 2.05) is 10.5 Å². The summed E-state index contributed by atoms with van der Waals surface area (Å²) in [6, 6.07) is 0. The first-order chi connectivity index (χ1) is 7.39. The molecule has 0 radical (unpaired) electrons. The Morgan fingerprint density at radius 3 is 2.56 bits per heavy atom. The molecule has 0 fully saturated rings. The summed E-state index contributed by atoms with van der Waals surface area (Å²) in [5.41, 5.74) is 0. The molecule has 16 heavy (non-hydrogen) atoms. The molecule has 0 aromatic carbocycles. The first-order valence-corrected chi connectivity index (χ1v) is 3.78. The van der Waals surface area contributed by atoms with E-state index < -0.39 is 24.5 Å². The lowest BCUT2D eigenvalue weighted by atomic mass is 10.5. The van der Waals surface area contributed by atoms with Gasteiger partial charge in [0.2, 0.25) is 5.91 Å². The van der Waals surface area contributed by atoms with Crippen LogP contribution in [0.25, 0.3) is 0 Å². The Balaban J connectivity index is 2.34. The minimum atomic E-state index is -5.02. The molecule has 0 aliphatic heterocycles. The molecule has 1 aromatic heterocycles. The summed E-state index contributed by atoms with van der Waals surface area (Å²) in [4.78, 5) is 21.2. The van der Waals surface area contributed by atoms with E-state index in [0.717, 1.165) is 0 Å². The first-order valence-electron chi connectivity index (χ1n) is 3.78. The maximum absolute atomic E-state index is 11.7. The Morgan fingerprint density at radius 2 is 2.06 bits per heavy atom. The predicted molar refractivity (Wildman–Crippen MR) is 41.9 cm³/mol. The van der Waals surface area contributed by atoms with Gasteiger partial charge in [0, 0.05) is 0 Å². The number of anilines is 1. The van der Waals surface area contributed by atoms with Gasteiger partial charge in [0.05, 0.1) is 6.54 Å². The summed E-state index contributed by atoms with van der Waals surface area (Å²) in [6.45, 7) is -0.840. The molecule has 8 nitrogen and oxygen atoms in total. The zero-order valence-electron chi connectivity index (χ0n) is 7.50. The van der Waals surface area contributed by atoms with Crippen LogP contribution in [0.4, 0.5) is 19.1 Å². The van der Waals surface area contributed by atoms with Crippen LogP contribution in [0.3, 0.4) is 0 Å². The maximum atomic E-state index is 11.7. The number of rotatable bonds is 3. The minimum Gasteiger partial charge on any atom is -0.339 e. The second-order valence-corrected chi connectivity index (χ2v) is 2.46. The van der Waals surface area contributed by atoms with E-state index >= 15 is 0 Å². The second kappa shape index (κ2) is 4.55. The monoisotopic (exact) mass is 238 g/mol. The summed E-state index contributed by atoms with van der Waals surface area (Å²) >= 11 is 0. The zero-order valence-corrected chi connectivity index (χ0v) is 7.50. The third-order valence-corrected chi connectivity index (χ3v) is 1.26. The number of carbonyl (C=O) groups is 2. The number of halogens is 3. The number of nitrogens with one attached hydrogen (secondary N) is 3. The van der Waals surface area contributed by atoms with E-state index in [1.165, 1.54) is 5.32 Å². The normalized spacial score (nSPS) is 10.9. The van der Waals surface area contributed by atoms with Crippen molar-refractivity contribution in [1.82, 2.24) is 25.9 Å². The number of hydrogen-bond donors (Lipinski definition) is 3. The van der Waals surface area contributed by atoms with E-state index in [2.05, 4.69) is 15.4 Å². The van der Waals surface area contributed by atoms with Crippen LogP contribution in [0.2, 0.25) is 0 Å². The number of aromatic nitrogens is 4. The van der Waals surface area contributed by atoms with Gasteiger partial charge in [-0.3, -0.25) is 14.9 Å². The van der Waals surface area contributed by atoms with Crippen molar-refractivity contribution >= 4 is 17.8 Å². The molecule has 2 amide bonds. The lowest BCUT2D eigenvalue weighted by Crippen LogP contribution is -2.41. The van der Waals surface area contributed by atoms with Crippen molar-refractivity contribution in [2.24, 2.45) is 0 Å². The van der Waals surface area contributed by atoms with E-state index in [9.17, 15) is 22.8 Å². The number of nitrogens with zero attached hydrogens (tertiary/aromatic N) is 3. The van der Waals surface area contributed by atoms with Crippen LogP contribution in [-0.4, -0.2) is 45.2 Å². The number of H-pyrrole nitrogens is 1. The Labute approximate surface area is 85.6 Å². The summed E-state index contributed by atoms with van der Waals surface area (Å²) in [7, 11) is 0. The van der Waals surface area contributed by atoms with E-state index in [1.54, 1.807) is 0 Å². The van der Waals surface area contributed by atoms with Gasteiger partial charge in [-0.2, -0.15) is 18.4 Å². The third kappa shape index (κ3) is 3.51. The molecule has 0 bridgehead atoms. The molecule has 0 spiro atoms. The molecule has 1 rings (SSSR count). The number of hydrogen-bond acceptors (Lipinski definition) is 5. The maximum Gasteiger partial charge on any atom is 0.471 e. The van der Waals surface area contributed by atoms with Gasteiger partial charge in [-0.15, -0.1) is 5.10 Å². The van der Waals surface area contributed by atoms with Gasteiger partial charge in [-0.05, 0) is 5.21 Å². The number of tetrazole rings is 1. The highest BCUT2D eigenvalue weighted by Crippen LogP contribution is 2.13. The highest BCUT2D eigenvalue weighted by Gasteiger charge is 2.38. The lowest BCUT2D eigenvalue weighted by Gasteiger charge is -2.06. The lowest BCUT2D eigenvalue weighted by molar-refractivity contribution is -0.173. The van der Waals surface area contributed by atoms with Gasteiger partial charge in [0.15, 0.2) is 0 Å². The predicted octanol–water partition coefficient (Wildman–Crippen LogP) is -1.18. The molecule has 1 aromatic rings. The SMILES string of the molecule is O=C(CNC(=O)C(F)(F)F)Nc1nn[nH]n1. The fourth-order valence-corrected chi connectivity index (χ4v) is 0.644.